The molecule has 2 aliphatic carbocycles. The van der Waals surface area contributed by atoms with Crippen LogP contribution in [0.4, 0.5) is 0 Å². The van der Waals surface area contributed by atoms with Gasteiger partial charge in [-0.25, -0.2) is 0 Å². The van der Waals surface area contributed by atoms with E-state index < -0.39 is 0 Å². The fraction of sp³-hybridized carbons (Fsp3) is 0.368. The number of nitrogens with two attached hydrogens (primary N) is 1. The van der Waals surface area contributed by atoms with Crippen LogP contribution in [0, 0.1) is 15.4 Å². The van der Waals surface area contributed by atoms with Crippen LogP contribution in [0.1, 0.15) is 29.0 Å². The highest BCUT2D eigenvalue weighted by atomic mass is 127. The number of benzene rings is 2. The predicted octanol–water partition coefficient (Wildman–Crippen LogP) is 4.14. The van der Waals surface area contributed by atoms with Gasteiger partial charge >= 0.3 is 0 Å². The van der Waals surface area contributed by atoms with Crippen molar-refractivity contribution in [1.29, 1.82) is 0 Å². The molecular weight excluding hydrogens is 369 g/mol. The number of aryl methyl sites for hydroxylation is 1. The molecule has 0 saturated heterocycles. The van der Waals surface area contributed by atoms with E-state index in [9.17, 15) is 0 Å². The largest absolute Gasteiger partial charge is 0.327 e. The Labute approximate surface area is 140 Å². The first-order valence-corrected chi connectivity index (χ1v) is 8.90. The third-order valence-electron chi connectivity index (χ3n) is 5.27. The van der Waals surface area contributed by atoms with Crippen molar-refractivity contribution in [3.63, 3.8) is 0 Å². The van der Waals surface area contributed by atoms with Crippen LogP contribution in [0.2, 0.25) is 0 Å². The minimum Gasteiger partial charge on any atom is -0.327 e. The van der Waals surface area contributed by atoms with Crippen LogP contribution in [0.15, 0.2) is 48.5 Å². The van der Waals surface area contributed by atoms with E-state index in [-0.39, 0.29) is 0 Å². The predicted molar refractivity (Wildman–Crippen MR) is 95.3 cm³/mol. The molecule has 108 valence electrons. The molecule has 2 aliphatic rings. The highest BCUT2D eigenvalue weighted by Gasteiger charge is 2.55. The van der Waals surface area contributed by atoms with Gasteiger partial charge in [0.2, 0.25) is 0 Å². The van der Waals surface area contributed by atoms with Gasteiger partial charge in [0, 0.05) is 9.61 Å². The fourth-order valence-electron chi connectivity index (χ4n) is 4.23. The molecule has 2 heteroatoms. The Morgan fingerprint density at radius 3 is 2.67 bits per heavy atom. The van der Waals surface area contributed by atoms with E-state index in [0.29, 0.717) is 12.0 Å². The summed E-state index contributed by atoms with van der Waals surface area (Å²) in [5, 5.41) is 0. The molecule has 0 aromatic heterocycles. The van der Waals surface area contributed by atoms with Gasteiger partial charge in [0.15, 0.2) is 0 Å². The SMILES string of the molecule is NC(Cc1ccc(I)cc1)C1C2CCc3ccccc3C21. The second-order valence-corrected chi connectivity index (χ2v) is 7.74. The van der Waals surface area contributed by atoms with Gasteiger partial charge in [-0.05, 0) is 88.4 Å². The van der Waals surface area contributed by atoms with Crippen molar-refractivity contribution >= 4 is 22.6 Å². The second kappa shape index (κ2) is 5.40. The molecule has 21 heavy (non-hydrogen) atoms. The lowest BCUT2D eigenvalue weighted by atomic mass is 9.92. The maximum Gasteiger partial charge on any atom is 0.0130 e. The minimum absolute atomic E-state index is 0.297. The van der Waals surface area contributed by atoms with Gasteiger partial charge in [0.1, 0.15) is 0 Å². The van der Waals surface area contributed by atoms with Crippen LogP contribution in [-0.2, 0) is 12.8 Å². The molecule has 0 bridgehead atoms. The molecule has 1 saturated carbocycles. The maximum atomic E-state index is 6.56. The first-order chi connectivity index (χ1) is 10.2. The Morgan fingerprint density at radius 1 is 1.10 bits per heavy atom. The Hall–Kier alpha value is -0.870. The summed E-state index contributed by atoms with van der Waals surface area (Å²) in [6.45, 7) is 0. The molecule has 0 radical (unpaired) electrons. The molecule has 2 N–H and O–H groups in total. The summed E-state index contributed by atoms with van der Waals surface area (Å²) < 4.78 is 1.29. The lowest BCUT2D eigenvalue weighted by molar-refractivity contribution is 0.532. The van der Waals surface area contributed by atoms with Crippen LogP contribution >= 0.6 is 22.6 Å². The monoisotopic (exact) mass is 389 g/mol. The minimum atomic E-state index is 0.297. The topological polar surface area (TPSA) is 26.0 Å². The lowest BCUT2D eigenvalue weighted by Gasteiger charge is -2.13. The number of hydrogen-bond donors (Lipinski definition) is 1. The molecule has 1 nitrogen and oxygen atoms in total. The average Bonchev–Trinajstić information content (AvgIpc) is 3.25. The van der Waals surface area contributed by atoms with Crippen LogP contribution in [0.5, 0.6) is 0 Å². The van der Waals surface area contributed by atoms with Gasteiger partial charge in [-0.1, -0.05) is 36.4 Å². The van der Waals surface area contributed by atoms with Crippen molar-refractivity contribution in [1.82, 2.24) is 0 Å². The summed E-state index contributed by atoms with van der Waals surface area (Å²) in [4.78, 5) is 0. The van der Waals surface area contributed by atoms with Crippen molar-refractivity contribution in [3.05, 3.63) is 68.8 Å². The van der Waals surface area contributed by atoms with E-state index in [1.165, 1.54) is 22.0 Å². The van der Waals surface area contributed by atoms with Crippen molar-refractivity contribution in [3.8, 4) is 0 Å². The van der Waals surface area contributed by atoms with Gasteiger partial charge in [-0.3, -0.25) is 0 Å². The number of halogens is 1. The van der Waals surface area contributed by atoms with E-state index in [0.717, 1.165) is 18.3 Å². The first-order valence-electron chi connectivity index (χ1n) is 7.82. The first kappa shape index (κ1) is 13.8. The smallest absolute Gasteiger partial charge is 0.0130 e. The van der Waals surface area contributed by atoms with Gasteiger partial charge in [-0.15, -0.1) is 0 Å². The zero-order chi connectivity index (χ0) is 14.4. The Bertz CT molecular complexity index is 649. The molecule has 0 amide bonds. The van der Waals surface area contributed by atoms with Crippen molar-refractivity contribution in [2.24, 2.45) is 17.6 Å². The summed E-state index contributed by atoms with van der Waals surface area (Å²) in [7, 11) is 0. The number of fused-ring (bicyclic) bond motifs is 3. The second-order valence-electron chi connectivity index (χ2n) is 6.50. The summed E-state index contributed by atoms with van der Waals surface area (Å²) in [6, 6.07) is 18.1. The van der Waals surface area contributed by atoms with Gasteiger partial charge in [0.25, 0.3) is 0 Å². The molecule has 4 unspecified atom stereocenters. The molecule has 0 aliphatic heterocycles. The maximum absolute atomic E-state index is 6.56. The van der Waals surface area contributed by atoms with Gasteiger partial charge in [0.05, 0.1) is 0 Å². The lowest BCUT2D eigenvalue weighted by Crippen LogP contribution is -2.26. The van der Waals surface area contributed by atoms with Crippen LogP contribution in [0.25, 0.3) is 0 Å². The highest BCUT2D eigenvalue weighted by Crippen LogP contribution is 2.61. The Morgan fingerprint density at radius 2 is 1.86 bits per heavy atom. The van der Waals surface area contributed by atoms with Gasteiger partial charge in [-0.2, -0.15) is 0 Å². The van der Waals surface area contributed by atoms with Crippen molar-refractivity contribution < 1.29 is 0 Å². The standard InChI is InChI=1S/C19H20IN/c20-14-8-5-12(6-9-14)11-17(21)19-16-10-7-13-3-1-2-4-15(13)18(16)19/h1-6,8-9,16-19H,7,10-11,21H2. The zero-order valence-corrected chi connectivity index (χ0v) is 14.2. The highest BCUT2D eigenvalue weighted by molar-refractivity contribution is 14.1. The third kappa shape index (κ3) is 2.53. The molecule has 2 aromatic carbocycles. The fourth-order valence-corrected chi connectivity index (χ4v) is 4.59. The molecule has 4 atom stereocenters. The Kier molecular flexibility index (Phi) is 3.54. The number of rotatable bonds is 3. The van der Waals surface area contributed by atoms with E-state index in [4.69, 9.17) is 5.73 Å². The summed E-state index contributed by atoms with van der Waals surface area (Å²) in [6.07, 6.45) is 3.58. The summed E-state index contributed by atoms with van der Waals surface area (Å²) in [5.41, 5.74) is 11.1. The van der Waals surface area contributed by atoms with Crippen LogP contribution < -0.4 is 5.73 Å². The number of hydrogen-bond acceptors (Lipinski definition) is 1. The molecule has 2 aromatic rings. The van der Waals surface area contributed by atoms with E-state index in [1.54, 1.807) is 11.1 Å². The molecular formula is C19H20IN. The van der Waals surface area contributed by atoms with Crippen LogP contribution in [-0.4, -0.2) is 6.04 Å². The van der Waals surface area contributed by atoms with Crippen molar-refractivity contribution in [2.75, 3.05) is 0 Å². The van der Waals surface area contributed by atoms with E-state index in [1.807, 2.05) is 0 Å². The summed E-state index contributed by atoms with van der Waals surface area (Å²) in [5.74, 6) is 2.25. The zero-order valence-electron chi connectivity index (χ0n) is 12.0. The van der Waals surface area contributed by atoms with Crippen LogP contribution in [0.3, 0.4) is 0 Å². The van der Waals surface area contributed by atoms with E-state index >= 15 is 0 Å². The van der Waals surface area contributed by atoms with Crippen molar-refractivity contribution in [2.45, 2.75) is 31.2 Å². The third-order valence-corrected chi connectivity index (χ3v) is 5.99. The average molecular weight is 389 g/mol. The normalized spacial score (nSPS) is 27.6. The molecule has 1 fully saturated rings. The summed E-state index contributed by atoms with van der Waals surface area (Å²) >= 11 is 2.35. The molecule has 0 spiro atoms. The molecule has 4 rings (SSSR count). The quantitative estimate of drug-likeness (QED) is 0.785. The van der Waals surface area contributed by atoms with E-state index in [2.05, 4.69) is 71.1 Å². The Balaban J connectivity index is 1.50. The van der Waals surface area contributed by atoms with Gasteiger partial charge < -0.3 is 5.73 Å². The molecule has 0 heterocycles.